The van der Waals surface area contributed by atoms with Gasteiger partial charge in [-0.2, -0.15) is 0 Å². The molecule has 0 aliphatic rings. The monoisotopic (exact) mass is 216 g/mol. The van der Waals surface area contributed by atoms with E-state index in [4.69, 9.17) is 16.4 Å². The lowest BCUT2D eigenvalue weighted by molar-refractivity contribution is -0.892. The average molecular weight is 217 g/mol. The number of aromatic nitrogens is 1. The van der Waals surface area contributed by atoms with Crippen molar-refractivity contribution in [2.24, 2.45) is 0 Å². The molecule has 0 saturated heterocycles. The van der Waals surface area contributed by atoms with Crippen LogP contribution in [0.4, 0.5) is 0 Å². The fraction of sp³-hybridized carbons (Fsp3) is 0.333. The van der Waals surface area contributed by atoms with Gasteiger partial charge in [-0.05, 0) is 13.0 Å². The van der Waals surface area contributed by atoms with E-state index in [0.29, 0.717) is 12.3 Å². The number of pyridine rings is 1. The van der Waals surface area contributed by atoms with Crippen LogP contribution in [0.5, 0.6) is 0 Å². The largest absolute Gasteiger partial charge is 0.441 e. The van der Waals surface area contributed by atoms with Crippen molar-refractivity contribution in [3.63, 3.8) is 0 Å². The van der Waals surface area contributed by atoms with Gasteiger partial charge in [0.2, 0.25) is 6.20 Å². The standard InChI is InChI=1S/C9H11ClNO3/c1-2-14-11-6-4-3-5-8(11)9(12)13-7-10/h3-6H,2,7H2,1H3/q+1. The maximum absolute atomic E-state index is 11.3. The first-order valence-corrected chi connectivity index (χ1v) is 4.70. The van der Waals surface area contributed by atoms with Crippen molar-refractivity contribution >= 4 is 17.6 Å². The Kier molecular flexibility index (Phi) is 4.19. The number of carbonyl (C=O) groups is 1. The molecule has 1 aromatic rings. The first kappa shape index (κ1) is 10.8. The molecule has 1 heterocycles. The second-order valence-electron chi connectivity index (χ2n) is 2.37. The van der Waals surface area contributed by atoms with E-state index in [1.165, 1.54) is 4.73 Å². The van der Waals surface area contributed by atoms with Crippen molar-refractivity contribution in [3.05, 3.63) is 30.1 Å². The van der Waals surface area contributed by atoms with Gasteiger partial charge in [0.25, 0.3) is 0 Å². The Morgan fingerprint density at radius 1 is 1.57 bits per heavy atom. The van der Waals surface area contributed by atoms with Crippen molar-refractivity contribution in [2.75, 3.05) is 12.7 Å². The lowest BCUT2D eigenvalue weighted by Gasteiger charge is -1.99. The maximum Gasteiger partial charge on any atom is 0.409 e. The van der Waals surface area contributed by atoms with Gasteiger partial charge in [0.1, 0.15) is 0 Å². The van der Waals surface area contributed by atoms with Crippen LogP contribution in [0.1, 0.15) is 17.4 Å². The van der Waals surface area contributed by atoms with Gasteiger partial charge in [-0.1, -0.05) is 11.6 Å². The van der Waals surface area contributed by atoms with Crippen LogP contribution >= 0.6 is 11.6 Å². The molecule has 0 aromatic carbocycles. The number of nitrogens with zero attached hydrogens (tertiary/aromatic N) is 1. The topological polar surface area (TPSA) is 39.4 Å². The van der Waals surface area contributed by atoms with Crippen molar-refractivity contribution in [1.82, 2.24) is 0 Å². The Labute approximate surface area is 87.0 Å². The maximum atomic E-state index is 11.3. The fourth-order valence-corrected chi connectivity index (χ4v) is 1.06. The SMILES string of the molecule is CCO[n+]1ccccc1C(=O)OCCl. The Bertz CT molecular complexity index is 317. The predicted octanol–water partition coefficient (Wildman–Crippen LogP) is 0.776. The van der Waals surface area contributed by atoms with E-state index in [9.17, 15) is 4.79 Å². The third kappa shape index (κ3) is 2.60. The van der Waals surface area contributed by atoms with Gasteiger partial charge in [0.05, 0.1) is 0 Å². The molecule has 0 radical (unpaired) electrons. The molecule has 0 saturated carbocycles. The zero-order chi connectivity index (χ0) is 10.4. The quantitative estimate of drug-likeness (QED) is 0.424. The summed E-state index contributed by atoms with van der Waals surface area (Å²) in [6, 6.07) is 4.91. The molecule has 0 aliphatic carbocycles. The van der Waals surface area contributed by atoms with Crippen LogP contribution < -0.4 is 9.57 Å². The van der Waals surface area contributed by atoms with E-state index in [1.54, 1.807) is 24.4 Å². The Balaban J connectivity index is 2.88. The number of carbonyl (C=O) groups excluding carboxylic acids is 1. The highest BCUT2D eigenvalue weighted by molar-refractivity contribution is 6.17. The van der Waals surface area contributed by atoms with Gasteiger partial charge in [0.15, 0.2) is 12.7 Å². The van der Waals surface area contributed by atoms with E-state index >= 15 is 0 Å². The molecule has 0 amide bonds. The van der Waals surface area contributed by atoms with Gasteiger partial charge in [0, 0.05) is 16.9 Å². The van der Waals surface area contributed by atoms with Crippen LogP contribution in [-0.2, 0) is 4.74 Å². The highest BCUT2D eigenvalue weighted by atomic mass is 35.5. The Morgan fingerprint density at radius 2 is 2.36 bits per heavy atom. The molecule has 0 aliphatic heterocycles. The molecule has 4 nitrogen and oxygen atoms in total. The predicted molar refractivity (Wildman–Crippen MR) is 49.9 cm³/mol. The lowest BCUT2D eigenvalue weighted by atomic mass is 10.3. The van der Waals surface area contributed by atoms with Crippen LogP contribution in [0, 0.1) is 0 Å². The fourth-order valence-electron chi connectivity index (χ4n) is 0.961. The summed E-state index contributed by atoms with van der Waals surface area (Å²) in [4.78, 5) is 16.5. The van der Waals surface area contributed by atoms with Gasteiger partial charge < -0.3 is 4.74 Å². The number of hydrogen-bond acceptors (Lipinski definition) is 3. The van der Waals surface area contributed by atoms with Gasteiger partial charge in [-0.15, -0.1) is 0 Å². The van der Waals surface area contributed by atoms with E-state index < -0.39 is 5.97 Å². The summed E-state index contributed by atoms with van der Waals surface area (Å²) in [5, 5.41) is 0. The minimum atomic E-state index is -0.506. The minimum Gasteiger partial charge on any atom is -0.441 e. The summed E-state index contributed by atoms with van der Waals surface area (Å²) in [7, 11) is 0. The van der Waals surface area contributed by atoms with Gasteiger partial charge >= 0.3 is 11.7 Å². The molecule has 0 atom stereocenters. The normalized spacial score (nSPS) is 9.57. The van der Waals surface area contributed by atoms with Crippen molar-refractivity contribution < 1.29 is 19.1 Å². The molecule has 5 heteroatoms. The lowest BCUT2D eigenvalue weighted by Crippen LogP contribution is -2.47. The molecule has 0 unspecified atom stereocenters. The molecule has 0 spiro atoms. The summed E-state index contributed by atoms with van der Waals surface area (Å²) in [6.07, 6.45) is 1.63. The van der Waals surface area contributed by atoms with Gasteiger partial charge in [-0.3, -0.25) is 4.84 Å². The van der Waals surface area contributed by atoms with Crippen LogP contribution in [0.3, 0.4) is 0 Å². The van der Waals surface area contributed by atoms with E-state index in [2.05, 4.69) is 4.74 Å². The zero-order valence-electron chi connectivity index (χ0n) is 7.77. The van der Waals surface area contributed by atoms with E-state index in [1.807, 2.05) is 6.92 Å². The highest BCUT2D eigenvalue weighted by Crippen LogP contribution is 1.95. The first-order valence-electron chi connectivity index (χ1n) is 4.16. The molecule has 0 N–H and O–H groups in total. The summed E-state index contributed by atoms with van der Waals surface area (Å²) >= 11 is 5.28. The smallest absolute Gasteiger partial charge is 0.409 e. The first-order chi connectivity index (χ1) is 6.79. The van der Waals surface area contributed by atoms with Crippen LogP contribution in [0.2, 0.25) is 0 Å². The number of halogens is 1. The zero-order valence-corrected chi connectivity index (χ0v) is 8.53. The Hall–Kier alpha value is -1.29. The number of esters is 1. The summed E-state index contributed by atoms with van der Waals surface area (Å²) in [5.74, 6) is -0.506. The number of alkyl halides is 1. The average Bonchev–Trinajstić information content (AvgIpc) is 2.19. The van der Waals surface area contributed by atoms with Crippen molar-refractivity contribution in [1.29, 1.82) is 0 Å². The van der Waals surface area contributed by atoms with Gasteiger partial charge in [-0.25, -0.2) is 4.79 Å². The highest BCUT2D eigenvalue weighted by Gasteiger charge is 2.21. The number of ether oxygens (including phenoxy) is 1. The van der Waals surface area contributed by atoms with Crippen molar-refractivity contribution in [3.8, 4) is 0 Å². The number of hydrogen-bond donors (Lipinski definition) is 0. The third-order valence-electron chi connectivity index (χ3n) is 1.49. The Morgan fingerprint density at radius 3 is 3.00 bits per heavy atom. The van der Waals surface area contributed by atoms with Crippen molar-refractivity contribution in [2.45, 2.75) is 6.92 Å². The molecule has 76 valence electrons. The molecule has 1 rings (SSSR count). The van der Waals surface area contributed by atoms with E-state index in [-0.39, 0.29) is 6.07 Å². The third-order valence-corrected chi connectivity index (χ3v) is 1.60. The minimum absolute atomic E-state index is 0.167. The summed E-state index contributed by atoms with van der Waals surface area (Å²) in [6.45, 7) is 2.30. The molecular weight excluding hydrogens is 206 g/mol. The molecule has 1 aromatic heterocycles. The summed E-state index contributed by atoms with van der Waals surface area (Å²) in [5.41, 5.74) is 0.315. The van der Waals surface area contributed by atoms with Crippen LogP contribution in [0.15, 0.2) is 24.4 Å². The van der Waals surface area contributed by atoms with Crippen LogP contribution in [0.25, 0.3) is 0 Å². The molecule has 0 bridgehead atoms. The second-order valence-corrected chi connectivity index (χ2v) is 2.59. The van der Waals surface area contributed by atoms with Crippen LogP contribution in [-0.4, -0.2) is 18.6 Å². The second kappa shape index (κ2) is 5.44. The van der Waals surface area contributed by atoms with E-state index in [0.717, 1.165) is 0 Å². The molecular formula is C9H11ClNO3+. The molecule has 0 fully saturated rings. The number of rotatable bonds is 4. The summed E-state index contributed by atoms with van der Waals surface area (Å²) < 4.78 is 6.00. The molecule has 14 heavy (non-hydrogen) atoms.